The molecule has 21 heavy (non-hydrogen) atoms. The lowest BCUT2D eigenvalue weighted by Crippen LogP contribution is -2.44. The first kappa shape index (κ1) is 16.0. The summed E-state index contributed by atoms with van der Waals surface area (Å²) in [5.74, 6) is -9.60. The first-order valence-electron chi connectivity index (χ1n) is 6.84. The molecule has 0 bridgehead atoms. The highest BCUT2D eigenvalue weighted by Crippen LogP contribution is 2.35. The van der Waals surface area contributed by atoms with Gasteiger partial charge in [0.2, 0.25) is 5.82 Å². The zero-order valence-corrected chi connectivity index (χ0v) is 11.6. The van der Waals surface area contributed by atoms with Crippen LogP contribution in [0.2, 0.25) is 0 Å². The fourth-order valence-corrected chi connectivity index (χ4v) is 3.04. The second-order valence-electron chi connectivity index (χ2n) is 5.38. The number of nitrogens with zero attached hydrogens (tertiary/aromatic N) is 1. The van der Waals surface area contributed by atoms with Gasteiger partial charge >= 0.3 is 0 Å². The molecule has 1 aromatic carbocycles. The maximum absolute atomic E-state index is 13.8. The van der Waals surface area contributed by atoms with E-state index in [2.05, 4.69) is 0 Å². The number of halogens is 5. The van der Waals surface area contributed by atoms with Crippen molar-refractivity contribution in [2.45, 2.75) is 31.7 Å². The average molecular weight is 308 g/mol. The van der Waals surface area contributed by atoms with E-state index in [0.717, 1.165) is 24.2 Å². The SMILES string of the molecule is CN(c1c(F)c(F)c(F)c(F)c1F)C1CCCCC1CN. The molecule has 2 unspecified atom stereocenters. The number of anilines is 1. The molecule has 1 aliphatic rings. The predicted molar refractivity (Wildman–Crippen MR) is 69.4 cm³/mol. The van der Waals surface area contributed by atoms with E-state index in [1.165, 1.54) is 7.05 Å². The zero-order valence-electron chi connectivity index (χ0n) is 11.6. The van der Waals surface area contributed by atoms with E-state index in [1.807, 2.05) is 0 Å². The van der Waals surface area contributed by atoms with Crippen LogP contribution in [0.1, 0.15) is 25.7 Å². The Bertz CT molecular complexity index is 506. The van der Waals surface area contributed by atoms with Crippen LogP contribution in [0.3, 0.4) is 0 Å². The van der Waals surface area contributed by atoms with Crippen LogP contribution in [0.15, 0.2) is 0 Å². The molecule has 0 amide bonds. The summed E-state index contributed by atoms with van der Waals surface area (Å²) in [4.78, 5) is 1.15. The fraction of sp³-hybridized carbons (Fsp3) is 0.571. The Labute approximate surface area is 119 Å². The molecule has 1 saturated carbocycles. The minimum atomic E-state index is -2.14. The van der Waals surface area contributed by atoms with Gasteiger partial charge in [0.1, 0.15) is 5.69 Å². The lowest BCUT2D eigenvalue weighted by Gasteiger charge is -2.39. The lowest BCUT2D eigenvalue weighted by atomic mass is 9.83. The quantitative estimate of drug-likeness (QED) is 0.527. The van der Waals surface area contributed by atoms with Gasteiger partial charge in [0.15, 0.2) is 23.3 Å². The Balaban J connectivity index is 2.45. The first-order valence-corrected chi connectivity index (χ1v) is 6.84. The zero-order chi connectivity index (χ0) is 15.7. The van der Waals surface area contributed by atoms with Gasteiger partial charge in [-0.3, -0.25) is 0 Å². The molecule has 7 heteroatoms. The van der Waals surface area contributed by atoms with Crippen molar-refractivity contribution < 1.29 is 22.0 Å². The summed E-state index contributed by atoms with van der Waals surface area (Å²) in [5, 5.41) is 0. The minimum Gasteiger partial charge on any atom is -0.366 e. The minimum absolute atomic E-state index is 0.0290. The van der Waals surface area contributed by atoms with E-state index in [0.29, 0.717) is 13.0 Å². The van der Waals surface area contributed by atoms with Crippen LogP contribution in [0.4, 0.5) is 27.6 Å². The number of benzene rings is 1. The van der Waals surface area contributed by atoms with E-state index in [1.54, 1.807) is 0 Å². The number of hydrogen-bond donors (Lipinski definition) is 1. The maximum atomic E-state index is 13.8. The largest absolute Gasteiger partial charge is 0.366 e. The normalized spacial score (nSPS) is 22.4. The van der Waals surface area contributed by atoms with Crippen LogP contribution in [0, 0.1) is 35.0 Å². The van der Waals surface area contributed by atoms with E-state index >= 15 is 0 Å². The molecule has 2 N–H and O–H groups in total. The van der Waals surface area contributed by atoms with Crippen LogP contribution in [0.25, 0.3) is 0 Å². The molecule has 118 valence electrons. The summed E-state index contributed by atoms with van der Waals surface area (Å²) >= 11 is 0. The molecule has 0 aliphatic heterocycles. The van der Waals surface area contributed by atoms with Gasteiger partial charge in [-0.2, -0.15) is 0 Å². The van der Waals surface area contributed by atoms with E-state index in [4.69, 9.17) is 5.73 Å². The molecular weight excluding hydrogens is 291 g/mol. The van der Waals surface area contributed by atoms with Crippen molar-refractivity contribution in [2.24, 2.45) is 11.7 Å². The topological polar surface area (TPSA) is 29.3 Å². The van der Waals surface area contributed by atoms with Gasteiger partial charge in [0, 0.05) is 13.1 Å². The van der Waals surface area contributed by atoms with Crippen molar-refractivity contribution in [3.05, 3.63) is 29.1 Å². The summed E-state index contributed by atoms with van der Waals surface area (Å²) in [5.41, 5.74) is 4.77. The van der Waals surface area contributed by atoms with Crippen LogP contribution in [0.5, 0.6) is 0 Å². The Kier molecular flexibility index (Phi) is 4.70. The van der Waals surface area contributed by atoms with E-state index in [-0.39, 0.29) is 12.0 Å². The number of rotatable bonds is 3. The highest BCUT2D eigenvalue weighted by molar-refractivity contribution is 5.51. The van der Waals surface area contributed by atoms with Gasteiger partial charge in [-0.05, 0) is 25.3 Å². The van der Waals surface area contributed by atoms with Crippen LogP contribution >= 0.6 is 0 Å². The van der Waals surface area contributed by atoms with E-state index < -0.39 is 34.8 Å². The van der Waals surface area contributed by atoms with Crippen molar-refractivity contribution >= 4 is 5.69 Å². The molecule has 2 nitrogen and oxygen atoms in total. The molecule has 2 atom stereocenters. The third-order valence-electron chi connectivity index (χ3n) is 4.21. The van der Waals surface area contributed by atoms with Crippen LogP contribution in [-0.4, -0.2) is 19.6 Å². The highest BCUT2D eigenvalue weighted by Gasteiger charge is 2.34. The fourth-order valence-electron chi connectivity index (χ4n) is 3.04. The van der Waals surface area contributed by atoms with Crippen molar-refractivity contribution in [3.63, 3.8) is 0 Å². The third kappa shape index (κ3) is 2.71. The van der Waals surface area contributed by atoms with Gasteiger partial charge in [0.05, 0.1) is 0 Å². The molecule has 0 spiro atoms. The molecule has 0 heterocycles. The molecule has 0 saturated heterocycles. The summed E-state index contributed by atoms with van der Waals surface area (Å²) in [7, 11) is 1.34. The molecule has 1 aromatic rings. The molecule has 0 radical (unpaired) electrons. The molecule has 2 rings (SSSR count). The van der Waals surface area contributed by atoms with Crippen molar-refractivity contribution in [1.29, 1.82) is 0 Å². The van der Waals surface area contributed by atoms with Gasteiger partial charge in [-0.1, -0.05) is 12.8 Å². The van der Waals surface area contributed by atoms with E-state index in [9.17, 15) is 22.0 Å². The number of nitrogens with two attached hydrogens (primary N) is 1. The summed E-state index contributed by atoms with van der Waals surface area (Å²) < 4.78 is 67.4. The monoisotopic (exact) mass is 308 g/mol. The lowest BCUT2D eigenvalue weighted by molar-refractivity contribution is 0.300. The Hall–Kier alpha value is -1.37. The Morgan fingerprint density at radius 1 is 0.905 bits per heavy atom. The van der Waals surface area contributed by atoms with Crippen LogP contribution < -0.4 is 10.6 Å². The molecule has 1 aliphatic carbocycles. The van der Waals surface area contributed by atoms with Crippen LogP contribution in [-0.2, 0) is 0 Å². The van der Waals surface area contributed by atoms with Crippen molar-refractivity contribution in [2.75, 3.05) is 18.5 Å². The predicted octanol–water partition coefficient (Wildman–Crippen LogP) is 3.34. The second-order valence-corrected chi connectivity index (χ2v) is 5.38. The van der Waals surface area contributed by atoms with Gasteiger partial charge in [-0.15, -0.1) is 0 Å². The first-order chi connectivity index (χ1) is 9.90. The standard InChI is InChI=1S/C14H17F5N2/c1-21(8-5-3-2-4-7(8)6-20)14-12(18)10(16)9(15)11(17)13(14)19/h7-8H,2-6,20H2,1H3. The smallest absolute Gasteiger partial charge is 0.200 e. The average Bonchev–Trinajstić information content (AvgIpc) is 2.51. The summed E-state index contributed by atoms with van der Waals surface area (Å²) in [6.45, 7) is 0.310. The molecule has 1 fully saturated rings. The van der Waals surface area contributed by atoms with Gasteiger partial charge < -0.3 is 10.6 Å². The van der Waals surface area contributed by atoms with Crippen molar-refractivity contribution in [3.8, 4) is 0 Å². The van der Waals surface area contributed by atoms with Gasteiger partial charge in [0.25, 0.3) is 0 Å². The van der Waals surface area contributed by atoms with Gasteiger partial charge in [-0.25, -0.2) is 22.0 Å². The highest BCUT2D eigenvalue weighted by atomic mass is 19.2. The number of hydrogen-bond acceptors (Lipinski definition) is 2. The Morgan fingerprint density at radius 2 is 1.38 bits per heavy atom. The molecule has 0 aromatic heterocycles. The maximum Gasteiger partial charge on any atom is 0.200 e. The summed E-state index contributed by atoms with van der Waals surface area (Å²) in [6.07, 6.45) is 3.17. The molecular formula is C14H17F5N2. The third-order valence-corrected chi connectivity index (χ3v) is 4.21. The second kappa shape index (κ2) is 6.17. The summed E-state index contributed by atoms with van der Waals surface area (Å²) in [6, 6.07) is -0.336. The van der Waals surface area contributed by atoms with Crippen molar-refractivity contribution in [1.82, 2.24) is 0 Å². The Morgan fingerprint density at radius 3 is 1.90 bits per heavy atom.